The standard InChI is InChI=1S/C4H6Cl4O2.Ti/c1-9-3(5,6)4(7,8)10-2;/h1-2H3;. The van der Waals surface area contributed by atoms with Gasteiger partial charge in [0.1, 0.15) is 0 Å². The molecule has 0 rings (SSSR count). The summed E-state index contributed by atoms with van der Waals surface area (Å²) in [6.07, 6.45) is 0. The Morgan fingerprint density at radius 2 is 1.00 bits per heavy atom. The van der Waals surface area contributed by atoms with Crippen molar-refractivity contribution < 1.29 is 31.2 Å². The molecule has 0 saturated heterocycles. The summed E-state index contributed by atoms with van der Waals surface area (Å²) in [6.45, 7) is 0. The predicted molar refractivity (Wildman–Crippen MR) is 42.9 cm³/mol. The Morgan fingerprint density at radius 1 is 0.818 bits per heavy atom. The van der Waals surface area contributed by atoms with Gasteiger partial charge < -0.3 is 9.47 Å². The number of methoxy groups -OCH3 is 2. The van der Waals surface area contributed by atoms with E-state index in [1.165, 1.54) is 14.2 Å². The summed E-state index contributed by atoms with van der Waals surface area (Å²) in [5.74, 6) is 0. The molecule has 0 aromatic rings. The van der Waals surface area contributed by atoms with Gasteiger partial charge in [-0.3, -0.25) is 0 Å². The van der Waals surface area contributed by atoms with E-state index in [4.69, 9.17) is 46.4 Å². The van der Waals surface area contributed by atoms with Crippen molar-refractivity contribution >= 4 is 46.4 Å². The van der Waals surface area contributed by atoms with E-state index in [0.29, 0.717) is 0 Å². The van der Waals surface area contributed by atoms with Crippen LogP contribution in [0.5, 0.6) is 0 Å². The number of alkyl halides is 4. The molecule has 0 unspecified atom stereocenters. The van der Waals surface area contributed by atoms with Gasteiger partial charge in [-0.05, 0) is 0 Å². The van der Waals surface area contributed by atoms with Crippen LogP contribution in [0, 0.1) is 0 Å². The molecule has 0 aromatic heterocycles. The fraction of sp³-hybridized carbons (Fsp3) is 1.00. The van der Waals surface area contributed by atoms with Gasteiger partial charge in [0, 0.05) is 35.9 Å². The second-order valence-electron chi connectivity index (χ2n) is 1.44. The maximum absolute atomic E-state index is 5.47. The Balaban J connectivity index is 0. The summed E-state index contributed by atoms with van der Waals surface area (Å²) in [5.41, 5.74) is 0. The Hall–Kier alpha value is 1.79. The van der Waals surface area contributed by atoms with Gasteiger partial charge in [-0.25, -0.2) is 0 Å². The second-order valence-corrected chi connectivity index (χ2v) is 3.96. The summed E-state index contributed by atoms with van der Waals surface area (Å²) in [7, 11) is 2.52. The van der Waals surface area contributed by atoms with Crippen molar-refractivity contribution in [1.29, 1.82) is 0 Å². The normalized spacial score (nSPS) is 12.5. The van der Waals surface area contributed by atoms with Gasteiger partial charge in [0.25, 0.3) is 9.04 Å². The maximum atomic E-state index is 5.47. The summed E-state index contributed by atoms with van der Waals surface area (Å²) in [4.78, 5) is 0. The maximum Gasteiger partial charge on any atom is 0.276 e. The van der Waals surface area contributed by atoms with Crippen molar-refractivity contribution in [2.75, 3.05) is 14.2 Å². The van der Waals surface area contributed by atoms with Gasteiger partial charge >= 0.3 is 0 Å². The third-order valence-corrected chi connectivity index (χ3v) is 2.92. The number of halogens is 4. The summed E-state index contributed by atoms with van der Waals surface area (Å²) < 4.78 is 5.55. The minimum atomic E-state index is -1.76. The molecule has 0 bridgehead atoms. The number of rotatable bonds is 3. The molecule has 7 heteroatoms. The van der Waals surface area contributed by atoms with Gasteiger partial charge in [0.2, 0.25) is 0 Å². The Bertz CT molecular complexity index is 105. The minimum absolute atomic E-state index is 0. The van der Waals surface area contributed by atoms with Crippen LogP contribution < -0.4 is 0 Å². The molecule has 0 aliphatic carbocycles. The Labute approximate surface area is 100 Å². The largest absolute Gasteiger partial charge is 0.346 e. The molecule has 2 nitrogen and oxygen atoms in total. The SMILES string of the molecule is COC(Cl)(Cl)C(Cl)(Cl)OC.[Ti]. The zero-order valence-electron chi connectivity index (χ0n) is 5.83. The molecule has 0 saturated carbocycles. The quantitative estimate of drug-likeness (QED) is 0.582. The molecule has 0 amide bonds. The van der Waals surface area contributed by atoms with Crippen molar-refractivity contribution in [2.24, 2.45) is 0 Å². The van der Waals surface area contributed by atoms with Gasteiger partial charge in [0.05, 0.1) is 0 Å². The first-order valence-electron chi connectivity index (χ1n) is 2.23. The Kier molecular flexibility index (Phi) is 7.65. The number of hydrogen-bond acceptors (Lipinski definition) is 2. The topological polar surface area (TPSA) is 18.5 Å². The molecule has 0 atom stereocenters. The first-order chi connectivity index (χ1) is 4.37. The molecule has 0 spiro atoms. The minimum Gasteiger partial charge on any atom is -0.346 e. The molecule has 0 radical (unpaired) electrons. The third kappa shape index (κ3) is 4.01. The smallest absolute Gasteiger partial charge is 0.276 e. The third-order valence-electron chi connectivity index (χ3n) is 0.852. The van der Waals surface area contributed by atoms with Crippen LogP contribution in [0.2, 0.25) is 0 Å². The zero-order valence-corrected chi connectivity index (χ0v) is 10.4. The second kappa shape index (κ2) is 5.51. The van der Waals surface area contributed by atoms with Crippen LogP contribution in [0.4, 0.5) is 0 Å². The molecule has 0 N–H and O–H groups in total. The van der Waals surface area contributed by atoms with E-state index in [-0.39, 0.29) is 21.7 Å². The van der Waals surface area contributed by atoms with Gasteiger partial charge in [0.15, 0.2) is 0 Å². The summed E-state index contributed by atoms with van der Waals surface area (Å²) >= 11 is 21.9. The summed E-state index contributed by atoms with van der Waals surface area (Å²) in [6, 6.07) is 0. The average molecular weight is 276 g/mol. The predicted octanol–water partition coefficient (Wildman–Crippen LogP) is 2.54. The summed E-state index contributed by atoms with van der Waals surface area (Å²) in [5, 5.41) is 0. The first-order valence-corrected chi connectivity index (χ1v) is 3.74. The molecule has 0 aliphatic heterocycles. The van der Waals surface area contributed by atoms with Crippen molar-refractivity contribution in [3.8, 4) is 0 Å². The van der Waals surface area contributed by atoms with E-state index in [2.05, 4.69) is 9.47 Å². The fourth-order valence-electron chi connectivity index (χ4n) is 0.238. The van der Waals surface area contributed by atoms with E-state index in [0.717, 1.165) is 0 Å². The Morgan fingerprint density at radius 3 is 1.09 bits per heavy atom. The molecule has 66 valence electrons. The zero-order chi connectivity index (χ0) is 8.41. The van der Waals surface area contributed by atoms with Crippen molar-refractivity contribution in [3.63, 3.8) is 0 Å². The van der Waals surface area contributed by atoms with Crippen LogP contribution in [-0.2, 0) is 31.2 Å². The van der Waals surface area contributed by atoms with Crippen LogP contribution in [0.25, 0.3) is 0 Å². The molecular formula is C4H6Cl4O2Ti. The van der Waals surface area contributed by atoms with E-state index in [1.807, 2.05) is 0 Å². The average Bonchev–Trinajstić information content (AvgIpc) is 1.88. The fourth-order valence-corrected chi connectivity index (χ4v) is 0.546. The molecular weight excluding hydrogens is 270 g/mol. The van der Waals surface area contributed by atoms with Crippen LogP contribution in [0.3, 0.4) is 0 Å². The monoisotopic (exact) mass is 274 g/mol. The van der Waals surface area contributed by atoms with Gasteiger partial charge in [-0.2, -0.15) is 0 Å². The van der Waals surface area contributed by atoms with Crippen LogP contribution in [0.15, 0.2) is 0 Å². The van der Waals surface area contributed by atoms with E-state index >= 15 is 0 Å². The molecule has 0 fully saturated rings. The molecule has 0 heterocycles. The van der Waals surface area contributed by atoms with Crippen molar-refractivity contribution in [2.45, 2.75) is 9.04 Å². The van der Waals surface area contributed by atoms with Crippen LogP contribution >= 0.6 is 46.4 Å². The number of ether oxygens (including phenoxy) is 2. The van der Waals surface area contributed by atoms with Gasteiger partial charge in [-0.15, -0.1) is 0 Å². The molecule has 11 heavy (non-hydrogen) atoms. The van der Waals surface area contributed by atoms with Crippen LogP contribution in [-0.4, -0.2) is 23.3 Å². The van der Waals surface area contributed by atoms with E-state index in [1.54, 1.807) is 0 Å². The first kappa shape index (κ1) is 15.3. The molecule has 0 aliphatic rings. The van der Waals surface area contributed by atoms with Gasteiger partial charge in [-0.1, -0.05) is 46.4 Å². The molecule has 0 aromatic carbocycles. The van der Waals surface area contributed by atoms with E-state index in [9.17, 15) is 0 Å². The van der Waals surface area contributed by atoms with Crippen molar-refractivity contribution in [3.05, 3.63) is 0 Å². The van der Waals surface area contributed by atoms with Crippen molar-refractivity contribution in [1.82, 2.24) is 0 Å². The van der Waals surface area contributed by atoms with Crippen LogP contribution in [0.1, 0.15) is 0 Å². The van der Waals surface area contributed by atoms with E-state index < -0.39 is 9.04 Å². The number of hydrogen-bond donors (Lipinski definition) is 0.